The summed E-state index contributed by atoms with van der Waals surface area (Å²) in [7, 11) is 0. The monoisotopic (exact) mass is 365 g/mol. The van der Waals surface area contributed by atoms with Crippen LogP contribution in [0.5, 0.6) is 0 Å². The van der Waals surface area contributed by atoms with Gasteiger partial charge in [0.1, 0.15) is 0 Å². The number of likely N-dealkylation sites (tertiary alicyclic amines) is 1. The molecule has 26 heavy (non-hydrogen) atoms. The summed E-state index contributed by atoms with van der Waals surface area (Å²) in [5.74, 6) is -1.46. The molecule has 1 N–H and O–H groups in total. The number of Topliss-reactive ketones (excluding diaryl/α,β-unsaturated/α-hetero) is 1. The molecule has 1 saturated carbocycles. The largest absolute Gasteiger partial charge is 0.334 e. The van der Waals surface area contributed by atoms with Gasteiger partial charge < -0.3 is 10.2 Å². The number of amides is 2. The first-order chi connectivity index (χ1) is 12.4. The van der Waals surface area contributed by atoms with Gasteiger partial charge in [0.15, 0.2) is 5.78 Å². The van der Waals surface area contributed by atoms with Gasteiger partial charge in [-0.1, -0.05) is 6.42 Å². The maximum Gasteiger partial charge on any atom is 0.334 e. The van der Waals surface area contributed by atoms with Crippen molar-refractivity contribution in [3.05, 3.63) is 0 Å². The molecule has 3 unspecified atom stereocenters. The first-order valence-electron chi connectivity index (χ1n) is 9.48. The molecular weight excluding hydrogens is 338 g/mol. The number of nitrogens with one attached hydrogen (secondary N) is 1. The van der Waals surface area contributed by atoms with Crippen molar-refractivity contribution in [1.29, 1.82) is 0 Å². The molecule has 3 aliphatic rings. The van der Waals surface area contributed by atoms with E-state index in [1.165, 1.54) is 6.42 Å². The van der Waals surface area contributed by atoms with Crippen LogP contribution in [0.4, 0.5) is 0 Å². The van der Waals surface area contributed by atoms with Gasteiger partial charge >= 0.3 is 5.97 Å². The van der Waals surface area contributed by atoms with Gasteiger partial charge in [0, 0.05) is 43.9 Å². The maximum atomic E-state index is 12.0. The van der Waals surface area contributed by atoms with E-state index in [1.807, 2.05) is 0 Å². The van der Waals surface area contributed by atoms with Crippen molar-refractivity contribution >= 4 is 23.6 Å². The number of nitrogens with zero attached hydrogens (tertiary/aromatic N) is 2. The molecule has 0 radical (unpaired) electrons. The summed E-state index contributed by atoms with van der Waals surface area (Å²) in [6, 6.07) is 0.822. The number of ketones is 1. The Morgan fingerprint density at radius 1 is 1.12 bits per heavy atom. The third-order valence-corrected chi connectivity index (χ3v) is 5.68. The number of imide groups is 1. The number of carbonyl (C=O) groups is 4. The van der Waals surface area contributed by atoms with Crippen LogP contribution < -0.4 is 5.32 Å². The standard InChI is InChI=1S/C18H27N3O5/c1-11-4-3-5-12(2)20(11)13-10-14(22)18(13)19-9-8-17(25)26-21-15(23)6-7-16(21)24/h11-13,18-19H,3-10H2,1-2H3/t11?,12?,13-,18?/m1/s1. The molecule has 0 aromatic carbocycles. The summed E-state index contributed by atoms with van der Waals surface area (Å²) < 4.78 is 0. The molecule has 2 heterocycles. The number of piperidine rings is 1. The normalized spacial score (nSPS) is 32.7. The van der Waals surface area contributed by atoms with Crippen molar-refractivity contribution in [1.82, 2.24) is 15.3 Å². The summed E-state index contributed by atoms with van der Waals surface area (Å²) in [5.41, 5.74) is 0. The summed E-state index contributed by atoms with van der Waals surface area (Å²) in [5, 5.41) is 3.71. The minimum absolute atomic E-state index is 0.00132. The topological polar surface area (TPSA) is 96.0 Å². The molecule has 3 rings (SSSR count). The molecule has 0 spiro atoms. The molecule has 0 aromatic heterocycles. The average Bonchev–Trinajstić information content (AvgIpc) is 2.89. The van der Waals surface area contributed by atoms with Gasteiger partial charge in [-0.2, -0.15) is 0 Å². The molecule has 0 aromatic rings. The molecular formula is C18H27N3O5. The molecule has 4 atom stereocenters. The van der Waals surface area contributed by atoms with E-state index in [4.69, 9.17) is 4.84 Å². The number of hydroxylamine groups is 2. The SMILES string of the molecule is CC1CCCC(C)N1[C@@H]1CC(=O)C1NCCC(=O)ON1C(=O)CCC1=O. The number of rotatable bonds is 6. The molecule has 8 nitrogen and oxygen atoms in total. The first-order valence-corrected chi connectivity index (χ1v) is 9.48. The highest BCUT2D eigenvalue weighted by Crippen LogP contribution is 2.32. The highest BCUT2D eigenvalue weighted by atomic mass is 16.7. The molecule has 0 bridgehead atoms. The zero-order valence-corrected chi connectivity index (χ0v) is 15.4. The number of hydrogen-bond donors (Lipinski definition) is 1. The van der Waals surface area contributed by atoms with Crippen molar-refractivity contribution < 1.29 is 24.0 Å². The van der Waals surface area contributed by atoms with Crippen molar-refractivity contribution in [2.45, 2.75) is 83.0 Å². The lowest BCUT2D eigenvalue weighted by Crippen LogP contribution is -2.67. The summed E-state index contributed by atoms with van der Waals surface area (Å²) in [6.07, 6.45) is 4.21. The maximum absolute atomic E-state index is 12.0. The van der Waals surface area contributed by atoms with Crippen LogP contribution in [0.1, 0.15) is 58.8 Å². The second-order valence-electron chi connectivity index (χ2n) is 7.54. The van der Waals surface area contributed by atoms with Gasteiger partial charge in [-0.25, -0.2) is 4.79 Å². The minimum Gasteiger partial charge on any atom is -0.330 e. The van der Waals surface area contributed by atoms with Crippen molar-refractivity contribution in [2.24, 2.45) is 0 Å². The Labute approximate surface area is 153 Å². The van der Waals surface area contributed by atoms with E-state index in [2.05, 4.69) is 24.1 Å². The molecule has 2 aliphatic heterocycles. The Balaban J connectivity index is 1.46. The predicted molar refractivity (Wildman–Crippen MR) is 91.6 cm³/mol. The fourth-order valence-electron chi connectivity index (χ4n) is 4.26. The van der Waals surface area contributed by atoms with Crippen LogP contribution in [0.3, 0.4) is 0 Å². The first kappa shape index (κ1) is 19.0. The second kappa shape index (κ2) is 7.84. The number of hydrogen-bond acceptors (Lipinski definition) is 7. The minimum atomic E-state index is -0.649. The molecule has 8 heteroatoms. The quantitative estimate of drug-likeness (QED) is 0.687. The van der Waals surface area contributed by atoms with E-state index in [1.54, 1.807) is 0 Å². The van der Waals surface area contributed by atoms with Gasteiger partial charge in [0.05, 0.1) is 12.5 Å². The van der Waals surface area contributed by atoms with Gasteiger partial charge in [-0.3, -0.25) is 19.3 Å². The van der Waals surface area contributed by atoms with Crippen LogP contribution in [-0.4, -0.2) is 64.2 Å². The van der Waals surface area contributed by atoms with Crippen LogP contribution in [0.25, 0.3) is 0 Å². The van der Waals surface area contributed by atoms with Crippen LogP contribution in [0.15, 0.2) is 0 Å². The van der Waals surface area contributed by atoms with Gasteiger partial charge in [-0.15, -0.1) is 5.06 Å². The third kappa shape index (κ3) is 3.81. The Bertz CT molecular complexity index is 582. The number of carbonyl (C=O) groups excluding carboxylic acids is 4. The molecule has 2 saturated heterocycles. The molecule has 144 valence electrons. The van der Waals surface area contributed by atoms with Crippen LogP contribution in [-0.2, 0) is 24.0 Å². The summed E-state index contributed by atoms with van der Waals surface area (Å²) >= 11 is 0. The Hall–Kier alpha value is -1.80. The summed E-state index contributed by atoms with van der Waals surface area (Å²) in [4.78, 5) is 54.0. The van der Waals surface area contributed by atoms with Crippen LogP contribution >= 0.6 is 0 Å². The van der Waals surface area contributed by atoms with E-state index in [-0.39, 0.29) is 43.7 Å². The van der Waals surface area contributed by atoms with E-state index < -0.39 is 17.8 Å². The van der Waals surface area contributed by atoms with Crippen LogP contribution in [0.2, 0.25) is 0 Å². The lowest BCUT2D eigenvalue weighted by molar-refractivity contribution is -0.197. The average molecular weight is 365 g/mol. The second-order valence-corrected chi connectivity index (χ2v) is 7.54. The zero-order valence-electron chi connectivity index (χ0n) is 15.4. The van der Waals surface area contributed by atoms with Gasteiger partial charge in [-0.05, 0) is 26.7 Å². The van der Waals surface area contributed by atoms with Crippen LogP contribution in [0, 0.1) is 0 Å². The fraction of sp³-hybridized carbons (Fsp3) is 0.778. The Morgan fingerprint density at radius 2 is 1.73 bits per heavy atom. The third-order valence-electron chi connectivity index (χ3n) is 5.68. The lowest BCUT2D eigenvalue weighted by Gasteiger charge is -2.51. The van der Waals surface area contributed by atoms with Crippen molar-refractivity contribution in [3.63, 3.8) is 0 Å². The molecule has 3 fully saturated rings. The zero-order chi connectivity index (χ0) is 18.8. The smallest absolute Gasteiger partial charge is 0.330 e. The summed E-state index contributed by atoms with van der Waals surface area (Å²) in [6.45, 7) is 4.69. The van der Waals surface area contributed by atoms with Crippen molar-refractivity contribution in [2.75, 3.05) is 6.54 Å². The fourth-order valence-corrected chi connectivity index (χ4v) is 4.26. The van der Waals surface area contributed by atoms with Gasteiger partial charge in [0.2, 0.25) is 0 Å². The predicted octanol–water partition coefficient (Wildman–Crippen LogP) is 0.546. The van der Waals surface area contributed by atoms with E-state index in [0.717, 1.165) is 12.8 Å². The highest BCUT2D eigenvalue weighted by Gasteiger charge is 2.46. The lowest BCUT2D eigenvalue weighted by atomic mass is 9.80. The van der Waals surface area contributed by atoms with E-state index in [9.17, 15) is 19.2 Å². The molecule has 1 aliphatic carbocycles. The Morgan fingerprint density at radius 3 is 2.31 bits per heavy atom. The highest BCUT2D eigenvalue weighted by molar-refractivity contribution is 6.01. The van der Waals surface area contributed by atoms with Gasteiger partial charge in [0.25, 0.3) is 11.8 Å². The van der Waals surface area contributed by atoms with E-state index in [0.29, 0.717) is 23.6 Å². The Kier molecular flexibility index (Phi) is 5.72. The van der Waals surface area contributed by atoms with Crippen molar-refractivity contribution in [3.8, 4) is 0 Å². The molecule has 2 amide bonds. The van der Waals surface area contributed by atoms with E-state index >= 15 is 0 Å².